The Morgan fingerprint density at radius 2 is 2.24 bits per heavy atom. The summed E-state index contributed by atoms with van der Waals surface area (Å²) in [5.41, 5.74) is -1.20. The SMILES string of the molecule is CCOC(=O)C=Cc1ncccc1C(F)(F)F. The van der Waals surface area contributed by atoms with E-state index in [1.54, 1.807) is 6.92 Å². The van der Waals surface area contributed by atoms with Crippen LogP contribution in [0.3, 0.4) is 0 Å². The zero-order valence-corrected chi connectivity index (χ0v) is 8.99. The number of pyridine rings is 1. The van der Waals surface area contributed by atoms with Crippen molar-refractivity contribution in [3.63, 3.8) is 0 Å². The summed E-state index contributed by atoms with van der Waals surface area (Å²) in [6.45, 7) is 1.77. The highest BCUT2D eigenvalue weighted by molar-refractivity contribution is 5.86. The van der Waals surface area contributed by atoms with Gasteiger partial charge in [0.15, 0.2) is 0 Å². The lowest BCUT2D eigenvalue weighted by Gasteiger charge is -2.08. The van der Waals surface area contributed by atoms with E-state index in [1.165, 1.54) is 12.3 Å². The number of halogens is 3. The molecule has 0 atom stereocenters. The van der Waals surface area contributed by atoms with Crippen molar-refractivity contribution in [3.05, 3.63) is 35.7 Å². The molecule has 0 aliphatic rings. The Hall–Kier alpha value is -1.85. The first kappa shape index (κ1) is 13.2. The highest BCUT2D eigenvalue weighted by Crippen LogP contribution is 2.31. The highest BCUT2D eigenvalue weighted by Gasteiger charge is 2.33. The number of nitrogens with zero attached hydrogens (tertiary/aromatic N) is 1. The van der Waals surface area contributed by atoms with Crippen molar-refractivity contribution in [2.45, 2.75) is 13.1 Å². The minimum atomic E-state index is -4.50. The number of aromatic nitrogens is 1. The summed E-state index contributed by atoms with van der Waals surface area (Å²) < 4.78 is 42.1. The standard InChI is InChI=1S/C11H10F3NO2/c1-2-17-10(16)6-5-9-8(11(12,13)14)4-3-7-15-9/h3-7H,2H2,1H3. The fraction of sp³-hybridized carbons (Fsp3) is 0.273. The van der Waals surface area contributed by atoms with Crippen LogP contribution < -0.4 is 0 Å². The van der Waals surface area contributed by atoms with Gasteiger partial charge in [0.05, 0.1) is 17.9 Å². The van der Waals surface area contributed by atoms with Crippen molar-refractivity contribution in [1.82, 2.24) is 4.98 Å². The maximum atomic E-state index is 12.5. The Bertz CT molecular complexity index is 427. The van der Waals surface area contributed by atoms with Crippen LogP contribution in [0.15, 0.2) is 24.4 Å². The molecule has 17 heavy (non-hydrogen) atoms. The van der Waals surface area contributed by atoms with Crippen LogP contribution in [0.2, 0.25) is 0 Å². The van der Waals surface area contributed by atoms with Crippen LogP contribution in [0, 0.1) is 0 Å². The largest absolute Gasteiger partial charge is 0.463 e. The smallest absolute Gasteiger partial charge is 0.418 e. The lowest BCUT2D eigenvalue weighted by atomic mass is 10.2. The fourth-order valence-electron chi connectivity index (χ4n) is 1.13. The summed E-state index contributed by atoms with van der Waals surface area (Å²) in [6.07, 6.45) is -1.37. The van der Waals surface area contributed by atoms with Crippen LogP contribution in [0.4, 0.5) is 13.2 Å². The summed E-state index contributed by atoms with van der Waals surface area (Å²) in [6, 6.07) is 2.09. The number of esters is 1. The van der Waals surface area contributed by atoms with Gasteiger partial charge < -0.3 is 4.74 Å². The molecule has 0 bridgehead atoms. The van der Waals surface area contributed by atoms with Crippen molar-refractivity contribution in [2.75, 3.05) is 6.61 Å². The van der Waals surface area contributed by atoms with E-state index in [-0.39, 0.29) is 12.3 Å². The Morgan fingerprint density at radius 1 is 1.53 bits per heavy atom. The third-order valence-electron chi connectivity index (χ3n) is 1.81. The van der Waals surface area contributed by atoms with E-state index in [9.17, 15) is 18.0 Å². The van der Waals surface area contributed by atoms with Crippen molar-refractivity contribution >= 4 is 12.0 Å². The third-order valence-corrected chi connectivity index (χ3v) is 1.81. The van der Waals surface area contributed by atoms with Crippen LogP contribution in [0.5, 0.6) is 0 Å². The van der Waals surface area contributed by atoms with Gasteiger partial charge in [-0.1, -0.05) is 0 Å². The topological polar surface area (TPSA) is 39.2 Å². The summed E-state index contributed by atoms with van der Waals surface area (Å²) in [7, 11) is 0. The second-order valence-corrected chi connectivity index (χ2v) is 3.02. The second-order valence-electron chi connectivity index (χ2n) is 3.02. The zero-order chi connectivity index (χ0) is 12.9. The van der Waals surface area contributed by atoms with Crippen LogP contribution >= 0.6 is 0 Å². The molecule has 0 aliphatic heterocycles. The van der Waals surface area contributed by atoms with Gasteiger partial charge in [-0.05, 0) is 25.1 Å². The van der Waals surface area contributed by atoms with E-state index in [4.69, 9.17) is 0 Å². The first-order valence-electron chi connectivity index (χ1n) is 4.82. The number of ether oxygens (including phenoxy) is 1. The number of alkyl halides is 3. The second kappa shape index (κ2) is 5.47. The van der Waals surface area contributed by atoms with Crippen LogP contribution in [-0.4, -0.2) is 17.6 Å². The molecule has 0 aliphatic carbocycles. The number of hydrogen-bond donors (Lipinski definition) is 0. The Labute approximate surface area is 95.9 Å². The molecular weight excluding hydrogens is 235 g/mol. The quantitative estimate of drug-likeness (QED) is 0.607. The molecule has 0 radical (unpaired) electrons. The molecule has 0 N–H and O–H groups in total. The summed E-state index contributed by atoms with van der Waals surface area (Å²) in [4.78, 5) is 14.5. The molecule has 0 fully saturated rings. The fourth-order valence-corrected chi connectivity index (χ4v) is 1.13. The molecule has 1 heterocycles. The Kier molecular flexibility index (Phi) is 4.25. The predicted octanol–water partition coefficient (Wildman–Crippen LogP) is 2.68. The van der Waals surface area contributed by atoms with Gasteiger partial charge in [-0.2, -0.15) is 13.2 Å². The van der Waals surface area contributed by atoms with Gasteiger partial charge >= 0.3 is 12.1 Å². The van der Waals surface area contributed by atoms with Crippen molar-refractivity contribution < 1.29 is 22.7 Å². The first-order chi connectivity index (χ1) is 7.95. The molecule has 92 valence electrons. The third kappa shape index (κ3) is 3.90. The van der Waals surface area contributed by atoms with Gasteiger partial charge in [0.2, 0.25) is 0 Å². The number of carbonyl (C=O) groups is 1. The molecule has 0 unspecified atom stereocenters. The van der Waals surface area contributed by atoms with E-state index < -0.39 is 17.7 Å². The maximum absolute atomic E-state index is 12.5. The van der Waals surface area contributed by atoms with Crippen molar-refractivity contribution in [2.24, 2.45) is 0 Å². The Morgan fingerprint density at radius 3 is 2.82 bits per heavy atom. The summed E-state index contributed by atoms with van der Waals surface area (Å²) in [5, 5.41) is 0. The van der Waals surface area contributed by atoms with Gasteiger partial charge in [0, 0.05) is 12.3 Å². The van der Waals surface area contributed by atoms with Gasteiger partial charge in [0.25, 0.3) is 0 Å². The number of hydrogen-bond acceptors (Lipinski definition) is 3. The van der Waals surface area contributed by atoms with E-state index >= 15 is 0 Å². The minimum Gasteiger partial charge on any atom is -0.463 e. The molecule has 0 amide bonds. The first-order valence-corrected chi connectivity index (χ1v) is 4.82. The van der Waals surface area contributed by atoms with E-state index in [0.717, 1.165) is 18.2 Å². The molecular formula is C11H10F3NO2. The zero-order valence-electron chi connectivity index (χ0n) is 8.99. The molecule has 3 nitrogen and oxygen atoms in total. The average Bonchev–Trinajstić information content (AvgIpc) is 2.26. The molecule has 6 heteroatoms. The highest BCUT2D eigenvalue weighted by atomic mass is 19.4. The van der Waals surface area contributed by atoms with Crippen LogP contribution in [-0.2, 0) is 15.7 Å². The van der Waals surface area contributed by atoms with E-state index in [0.29, 0.717) is 0 Å². The molecule has 0 spiro atoms. The molecule has 0 saturated carbocycles. The van der Waals surface area contributed by atoms with Crippen molar-refractivity contribution in [3.8, 4) is 0 Å². The molecule has 1 rings (SSSR count). The van der Waals surface area contributed by atoms with Gasteiger partial charge in [-0.25, -0.2) is 4.79 Å². The van der Waals surface area contributed by atoms with Crippen LogP contribution in [0.25, 0.3) is 6.08 Å². The summed E-state index contributed by atoms with van der Waals surface area (Å²) >= 11 is 0. The van der Waals surface area contributed by atoms with Gasteiger partial charge in [-0.15, -0.1) is 0 Å². The lowest BCUT2D eigenvalue weighted by molar-refractivity contribution is -0.138. The molecule has 0 aromatic carbocycles. The lowest BCUT2D eigenvalue weighted by Crippen LogP contribution is -2.08. The molecule has 1 aromatic heterocycles. The minimum absolute atomic E-state index is 0.164. The van der Waals surface area contributed by atoms with Crippen LogP contribution in [0.1, 0.15) is 18.2 Å². The summed E-state index contributed by atoms with van der Waals surface area (Å²) in [5.74, 6) is -0.703. The monoisotopic (exact) mass is 245 g/mol. The van der Waals surface area contributed by atoms with Gasteiger partial charge in [0.1, 0.15) is 0 Å². The predicted molar refractivity (Wildman–Crippen MR) is 54.9 cm³/mol. The molecule has 0 saturated heterocycles. The number of carbonyl (C=O) groups excluding carboxylic acids is 1. The Balaban J connectivity index is 2.95. The van der Waals surface area contributed by atoms with E-state index in [2.05, 4.69) is 9.72 Å². The normalized spacial score (nSPS) is 11.8. The maximum Gasteiger partial charge on any atom is 0.418 e. The van der Waals surface area contributed by atoms with E-state index in [1.807, 2.05) is 0 Å². The average molecular weight is 245 g/mol. The van der Waals surface area contributed by atoms with Crippen molar-refractivity contribution in [1.29, 1.82) is 0 Å². The molecule has 1 aromatic rings. The van der Waals surface area contributed by atoms with Gasteiger partial charge in [-0.3, -0.25) is 4.98 Å². The number of rotatable bonds is 3.